The number of ether oxygens (including phenoxy) is 6. The van der Waals surface area contributed by atoms with Crippen molar-refractivity contribution in [3.63, 3.8) is 0 Å². The van der Waals surface area contributed by atoms with E-state index in [9.17, 15) is 61.0 Å². The Bertz CT molecular complexity index is 2180. The first-order chi connectivity index (χ1) is 45.8. The van der Waals surface area contributed by atoms with E-state index in [1.54, 1.807) is 6.08 Å². The van der Waals surface area contributed by atoms with Crippen LogP contribution in [-0.4, -0.2) is 193 Å². The number of amides is 1. The Kier molecular flexibility index (Phi) is 49.5. The molecule has 0 spiro atoms. The third kappa shape index (κ3) is 36.1. The Morgan fingerprint density at radius 2 is 0.745 bits per heavy atom. The maximum absolute atomic E-state index is 13.4. The minimum absolute atomic E-state index is 0.216. The van der Waals surface area contributed by atoms with Crippen LogP contribution in [0.3, 0.4) is 0 Å². The lowest BCUT2D eigenvalue weighted by molar-refractivity contribution is -0.379. The lowest BCUT2D eigenvalue weighted by Crippen LogP contribution is -2.66. The minimum atomic E-state index is -1.99. The smallest absolute Gasteiger partial charge is 0.220 e. The zero-order valence-corrected chi connectivity index (χ0v) is 56.9. The molecule has 0 aromatic rings. The molecule has 94 heavy (non-hydrogen) atoms. The molecule has 538 valence electrons. The number of hydrogen-bond acceptors (Lipinski definition) is 18. The fraction of sp³-hybridized carbons (Fsp3) is 0.720. The van der Waals surface area contributed by atoms with Gasteiger partial charge in [-0.3, -0.25) is 4.79 Å². The SMILES string of the molecule is CC/C=C\C/C=C\C/C=C\C/C=C\C/C=C\C/C=C\C/C=C\CCCCCCCCCCCC(=O)NC(COC1OC(CO)C(OC2OC(CO)C(OC3OC(CO)C(O)C(O)C3O)C(O)C2O)C(O)C1O)C(O)/C=C/CC/C=C/CC/C=C/CCCCCCCCCC. The Labute approximate surface area is 563 Å². The van der Waals surface area contributed by atoms with Crippen LogP contribution in [0.25, 0.3) is 0 Å². The van der Waals surface area contributed by atoms with Crippen molar-refractivity contribution < 1.29 is 89.4 Å². The number of aliphatic hydroxyl groups is 11. The Morgan fingerprint density at radius 1 is 0.394 bits per heavy atom. The van der Waals surface area contributed by atoms with Crippen molar-refractivity contribution >= 4 is 5.91 Å². The van der Waals surface area contributed by atoms with E-state index in [2.05, 4.69) is 129 Å². The van der Waals surface area contributed by atoms with Crippen LogP contribution in [0.2, 0.25) is 0 Å². The van der Waals surface area contributed by atoms with Gasteiger partial charge in [0.25, 0.3) is 0 Å². The molecule has 0 aromatic carbocycles. The second-order valence-corrected chi connectivity index (χ2v) is 24.9. The largest absolute Gasteiger partial charge is 0.394 e. The summed E-state index contributed by atoms with van der Waals surface area (Å²) < 4.78 is 34.3. The van der Waals surface area contributed by atoms with Crippen molar-refractivity contribution in [3.05, 3.63) is 122 Å². The van der Waals surface area contributed by atoms with Gasteiger partial charge in [-0.1, -0.05) is 225 Å². The number of carbonyl (C=O) groups is 1. The average Bonchev–Trinajstić information content (AvgIpc) is 0.787. The molecule has 19 heteroatoms. The molecule has 0 radical (unpaired) electrons. The Hall–Kier alpha value is -3.81. The molecule has 3 saturated heterocycles. The quantitative estimate of drug-likeness (QED) is 0.0199. The highest BCUT2D eigenvalue weighted by molar-refractivity contribution is 5.76. The second kappa shape index (κ2) is 55.1. The van der Waals surface area contributed by atoms with Gasteiger partial charge < -0.3 is 89.9 Å². The summed E-state index contributed by atoms with van der Waals surface area (Å²) in [5, 5.41) is 121. The molecule has 3 fully saturated rings. The highest BCUT2D eigenvalue weighted by Gasteiger charge is 2.53. The summed E-state index contributed by atoms with van der Waals surface area (Å²) in [6.07, 6.45) is 48.8. The summed E-state index contributed by atoms with van der Waals surface area (Å²) in [7, 11) is 0. The molecule has 3 aliphatic heterocycles. The maximum atomic E-state index is 13.4. The van der Waals surface area contributed by atoms with Crippen molar-refractivity contribution in [2.45, 2.75) is 317 Å². The van der Waals surface area contributed by atoms with E-state index in [0.29, 0.717) is 12.8 Å². The molecule has 17 atom stereocenters. The van der Waals surface area contributed by atoms with Gasteiger partial charge in [-0.2, -0.15) is 0 Å². The first-order valence-corrected chi connectivity index (χ1v) is 35.8. The summed E-state index contributed by atoms with van der Waals surface area (Å²) in [5.74, 6) is -0.302. The number of aliphatic hydroxyl groups excluding tert-OH is 11. The molecule has 0 saturated carbocycles. The van der Waals surface area contributed by atoms with Gasteiger partial charge in [0.2, 0.25) is 5.91 Å². The van der Waals surface area contributed by atoms with Crippen molar-refractivity contribution in [2.24, 2.45) is 0 Å². The summed E-state index contributed by atoms with van der Waals surface area (Å²) >= 11 is 0. The summed E-state index contributed by atoms with van der Waals surface area (Å²) in [6.45, 7) is 1.57. The molecule has 17 unspecified atom stereocenters. The molecule has 0 bridgehead atoms. The van der Waals surface area contributed by atoms with Gasteiger partial charge in [0.05, 0.1) is 38.6 Å². The number of nitrogens with one attached hydrogen (secondary N) is 1. The zero-order chi connectivity index (χ0) is 68.2. The molecule has 12 N–H and O–H groups in total. The van der Waals surface area contributed by atoms with Crippen LogP contribution in [0, 0.1) is 0 Å². The zero-order valence-electron chi connectivity index (χ0n) is 56.9. The standard InChI is InChI=1S/C75H125NO18/c1-3-5-7-9-11-13-15-17-19-21-23-24-25-26-27-28-29-30-31-32-33-34-35-37-39-41-43-45-47-49-51-53-63(81)76-58(59(80)52-50-48-46-44-42-40-38-36-22-20-18-16-14-12-10-8-6-4-2)57-89-73-69(87)66(84)71(61(55-78)91-73)94-75-70(88)67(85)72(62(56-79)92-75)93-74-68(86)65(83)64(82)60(54-77)90-74/h5,7,11,13,17,19,22-24,26-27,29-30,32-33,36,42,44,50,52,58-62,64-75,77-80,82-88H,3-4,6,8-10,12,14-16,18,20-21,25,28,31,34-35,37-41,43,45-49,51,53-57H2,1-2H3,(H,76,81)/b7-5-,13-11-,19-17-,24-23-,27-26-,30-29-,33-32-,36-22+,44-42+,52-50+. The van der Waals surface area contributed by atoms with Gasteiger partial charge in [0.1, 0.15) is 73.2 Å². The van der Waals surface area contributed by atoms with Crippen LogP contribution >= 0.6 is 0 Å². The van der Waals surface area contributed by atoms with Gasteiger partial charge in [-0.25, -0.2) is 0 Å². The molecule has 1 amide bonds. The van der Waals surface area contributed by atoms with E-state index in [1.807, 2.05) is 6.08 Å². The van der Waals surface area contributed by atoms with Gasteiger partial charge in [-0.05, 0) is 103 Å². The Balaban J connectivity index is 1.42. The maximum Gasteiger partial charge on any atom is 0.220 e. The molecular weight excluding hydrogens is 1200 g/mol. The summed E-state index contributed by atoms with van der Waals surface area (Å²) in [6, 6.07) is -1.01. The molecule has 3 heterocycles. The van der Waals surface area contributed by atoms with Crippen LogP contribution in [0.5, 0.6) is 0 Å². The number of hydrogen-bond donors (Lipinski definition) is 12. The van der Waals surface area contributed by atoms with E-state index in [0.717, 1.165) is 103 Å². The third-order valence-corrected chi connectivity index (χ3v) is 17.0. The van der Waals surface area contributed by atoms with Crippen LogP contribution < -0.4 is 5.32 Å². The summed E-state index contributed by atoms with van der Waals surface area (Å²) in [5.41, 5.74) is 0. The molecular formula is C75H125NO18. The van der Waals surface area contributed by atoms with E-state index in [1.165, 1.54) is 77.0 Å². The predicted octanol–water partition coefficient (Wildman–Crippen LogP) is 9.99. The van der Waals surface area contributed by atoms with Gasteiger partial charge in [0, 0.05) is 6.42 Å². The third-order valence-electron chi connectivity index (χ3n) is 17.0. The van der Waals surface area contributed by atoms with E-state index in [4.69, 9.17) is 28.4 Å². The predicted molar refractivity (Wildman–Crippen MR) is 369 cm³/mol. The number of rotatable bonds is 53. The minimum Gasteiger partial charge on any atom is -0.394 e. The number of carbonyl (C=O) groups excluding carboxylic acids is 1. The normalized spacial score (nSPS) is 28.1. The second-order valence-electron chi connectivity index (χ2n) is 24.9. The molecule has 19 nitrogen and oxygen atoms in total. The topological polar surface area (TPSA) is 307 Å². The van der Waals surface area contributed by atoms with Gasteiger partial charge in [-0.15, -0.1) is 0 Å². The summed E-state index contributed by atoms with van der Waals surface area (Å²) in [4.78, 5) is 13.4. The first-order valence-electron chi connectivity index (χ1n) is 35.8. The van der Waals surface area contributed by atoms with Crippen LogP contribution in [-0.2, 0) is 33.2 Å². The van der Waals surface area contributed by atoms with Gasteiger partial charge in [0.15, 0.2) is 18.9 Å². The van der Waals surface area contributed by atoms with Crippen LogP contribution in [0.4, 0.5) is 0 Å². The monoisotopic (exact) mass is 1330 g/mol. The van der Waals surface area contributed by atoms with E-state index >= 15 is 0 Å². The molecule has 3 aliphatic rings. The molecule has 3 rings (SSSR count). The van der Waals surface area contributed by atoms with E-state index < -0.39 is 124 Å². The molecule has 0 aromatic heterocycles. The van der Waals surface area contributed by atoms with Gasteiger partial charge >= 0.3 is 0 Å². The average molecular weight is 1330 g/mol. The highest BCUT2D eigenvalue weighted by Crippen LogP contribution is 2.33. The van der Waals surface area contributed by atoms with Crippen LogP contribution in [0.1, 0.15) is 213 Å². The van der Waals surface area contributed by atoms with Crippen molar-refractivity contribution in [1.82, 2.24) is 5.32 Å². The van der Waals surface area contributed by atoms with Crippen molar-refractivity contribution in [2.75, 3.05) is 26.4 Å². The Morgan fingerprint density at radius 3 is 1.19 bits per heavy atom. The van der Waals surface area contributed by atoms with Crippen LogP contribution in [0.15, 0.2) is 122 Å². The highest BCUT2D eigenvalue weighted by atomic mass is 16.8. The number of unbranched alkanes of at least 4 members (excludes halogenated alkanes) is 19. The first kappa shape index (κ1) is 84.4. The fourth-order valence-corrected chi connectivity index (χ4v) is 11.2. The lowest BCUT2D eigenvalue weighted by Gasteiger charge is -2.48. The fourth-order valence-electron chi connectivity index (χ4n) is 11.2. The molecule has 0 aliphatic carbocycles. The van der Waals surface area contributed by atoms with Crippen molar-refractivity contribution in [1.29, 1.82) is 0 Å². The van der Waals surface area contributed by atoms with E-state index in [-0.39, 0.29) is 18.9 Å². The lowest BCUT2D eigenvalue weighted by atomic mass is 9.96. The van der Waals surface area contributed by atoms with Crippen molar-refractivity contribution in [3.8, 4) is 0 Å². The number of allylic oxidation sites excluding steroid dienone is 19.